The fourth-order valence-electron chi connectivity index (χ4n) is 6.99. The van der Waals surface area contributed by atoms with Crippen LogP contribution in [0, 0.1) is 5.92 Å². The van der Waals surface area contributed by atoms with E-state index >= 15 is 0 Å². The molecule has 22 heteroatoms. The van der Waals surface area contributed by atoms with E-state index in [2.05, 4.69) is 16.0 Å². The normalized spacial score (nSPS) is 16.0. The summed E-state index contributed by atoms with van der Waals surface area (Å²) in [6.45, 7) is 24.2. The van der Waals surface area contributed by atoms with E-state index in [1.165, 1.54) is 36.5 Å². The van der Waals surface area contributed by atoms with Crippen molar-refractivity contribution in [3.8, 4) is 0 Å². The second-order valence-corrected chi connectivity index (χ2v) is 23.3. The molecule has 21 nitrogen and oxygen atoms in total. The number of rotatable bonds is 37. The minimum atomic E-state index is -0.849. The predicted octanol–water partition coefficient (Wildman–Crippen LogP) is 3.09. The molecule has 0 spiro atoms. The van der Waals surface area contributed by atoms with Crippen molar-refractivity contribution >= 4 is 61.3 Å². The van der Waals surface area contributed by atoms with E-state index in [1.54, 1.807) is 0 Å². The minimum absolute atomic E-state index is 0.00272. The van der Waals surface area contributed by atoms with Gasteiger partial charge in [-0.3, -0.25) is 57.9 Å². The minimum Gasteiger partial charge on any atom is -0.375 e. The molecular formula is C51H81N6O15P. The maximum absolute atomic E-state index is 12.5. The van der Waals surface area contributed by atoms with Gasteiger partial charge in [-0.25, -0.2) is 0 Å². The molecule has 1 atom stereocenters. The zero-order valence-corrected chi connectivity index (χ0v) is 45.8. The lowest BCUT2D eigenvalue weighted by atomic mass is 10.0. The van der Waals surface area contributed by atoms with Crippen LogP contribution in [-0.4, -0.2) is 188 Å². The van der Waals surface area contributed by atoms with E-state index < -0.39 is 71.6 Å². The molecule has 3 rings (SSSR count). The first kappa shape index (κ1) is 62.5. The molecule has 0 fully saturated rings. The van der Waals surface area contributed by atoms with Gasteiger partial charge in [0.25, 0.3) is 35.4 Å². The fraction of sp³-hybridized carbons (Fsp3) is 0.706. The third-order valence-electron chi connectivity index (χ3n) is 12.1. The van der Waals surface area contributed by atoms with Crippen molar-refractivity contribution < 1.29 is 71.4 Å². The molecule has 0 aromatic rings. The number of carbonyl (C=O) groups excluding carboxylic acids is 9. The first-order valence-corrected chi connectivity index (χ1v) is 26.8. The molecule has 9 amide bonds. The molecule has 3 aliphatic rings. The summed E-state index contributed by atoms with van der Waals surface area (Å²) in [5.74, 6) is -3.62. The molecule has 0 radical (unpaired) electrons. The van der Waals surface area contributed by atoms with Crippen LogP contribution in [0.5, 0.6) is 0 Å². The molecule has 0 aromatic carbocycles. The van der Waals surface area contributed by atoms with Crippen molar-refractivity contribution in [2.45, 2.75) is 136 Å². The van der Waals surface area contributed by atoms with Crippen LogP contribution in [0.2, 0.25) is 0 Å². The Bertz CT molecular complexity index is 1900. The Labute approximate surface area is 432 Å². The topological polar surface area (TPSA) is 255 Å². The summed E-state index contributed by atoms with van der Waals surface area (Å²) in [5, 5.41) is 8.49. The van der Waals surface area contributed by atoms with E-state index in [4.69, 9.17) is 28.2 Å². The quantitative estimate of drug-likeness (QED) is 0.0597. The van der Waals surface area contributed by atoms with Crippen LogP contribution in [0.4, 0.5) is 0 Å². The third kappa shape index (κ3) is 24.4. The van der Waals surface area contributed by atoms with E-state index in [1.807, 2.05) is 75.9 Å². The first-order chi connectivity index (χ1) is 34.0. The number of ether oxygens (including phenoxy) is 5. The second kappa shape index (κ2) is 28.8. The Morgan fingerprint density at radius 2 is 0.767 bits per heavy atom. The highest BCUT2D eigenvalue weighted by atomic mass is 31.1. The van der Waals surface area contributed by atoms with Crippen LogP contribution in [0.15, 0.2) is 36.5 Å². The number of amides is 9. The Balaban J connectivity index is 1.48. The van der Waals surface area contributed by atoms with Crippen molar-refractivity contribution in [2.24, 2.45) is 5.92 Å². The van der Waals surface area contributed by atoms with E-state index in [9.17, 15) is 43.2 Å². The summed E-state index contributed by atoms with van der Waals surface area (Å²) in [6, 6.07) is 0. The summed E-state index contributed by atoms with van der Waals surface area (Å²) in [4.78, 5) is 111. The first-order valence-electron chi connectivity index (χ1n) is 24.9. The van der Waals surface area contributed by atoms with Gasteiger partial charge < -0.3 is 44.2 Å². The Kier molecular flexibility index (Phi) is 24.7. The van der Waals surface area contributed by atoms with E-state index in [0.29, 0.717) is 71.6 Å². The number of imide groups is 3. The molecule has 0 saturated heterocycles. The molecule has 0 bridgehead atoms. The zero-order valence-electron chi connectivity index (χ0n) is 44.9. The summed E-state index contributed by atoms with van der Waals surface area (Å²) in [5.41, 5.74) is -3.23. The van der Waals surface area contributed by atoms with Crippen LogP contribution < -0.4 is 16.0 Å². The van der Waals surface area contributed by atoms with Gasteiger partial charge in [0, 0.05) is 115 Å². The average molecular weight is 1050 g/mol. The highest BCUT2D eigenvalue weighted by Gasteiger charge is 2.31. The monoisotopic (exact) mass is 1050 g/mol. The number of nitrogens with one attached hydrogen (secondary N) is 3. The molecular weight excluding hydrogens is 968 g/mol. The van der Waals surface area contributed by atoms with Gasteiger partial charge in [-0.1, -0.05) is 0 Å². The Hall–Kier alpha value is -4.76. The highest BCUT2D eigenvalue weighted by Crippen LogP contribution is 2.32. The van der Waals surface area contributed by atoms with Gasteiger partial charge in [0.15, 0.2) is 0 Å². The van der Waals surface area contributed by atoms with E-state index in [0.717, 1.165) is 14.7 Å². The molecule has 73 heavy (non-hydrogen) atoms. The number of carbonyl (C=O) groups is 9. The van der Waals surface area contributed by atoms with Crippen molar-refractivity contribution in [3.63, 3.8) is 0 Å². The van der Waals surface area contributed by atoms with Crippen LogP contribution in [0.3, 0.4) is 0 Å². The molecule has 3 heterocycles. The maximum Gasteiger partial charge on any atom is 0.253 e. The van der Waals surface area contributed by atoms with Crippen molar-refractivity contribution in [3.05, 3.63) is 36.5 Å². The standard InChI is InChI=1S/C51H81N6O15P/c1-47(2,21-28-67-50(7,8)35-53-39(59)19-26-56-43(63)14-15-44(56)64)69-32-37(33-70-48(3,4)22-29-68-51(9,10)36-54-40(60)20-27-57-45(65)16-17-46(57)66)34-71-49(5,6)23-30-72-73(11)31-24-52-38(58)18-25-55-41(61)12-13-42(55)62/h12-17,37H,18-36H2,1-11H3,(H,52,58)(H,53,59)(H,54,60). The highest BCUT2D eigenvalue weighted by molar-refractivity contribution is 7.51. The van der Waals surface area contributed by atoms with Crippen LogP contribution in [-0.2, 0) is 71.4 Å². The largest absolute Gasteiger partial charge is 0.375 e. The average Bonchev–Trinajstić information content (AvgIpc) is 3.92. The van der Waals surface area contributed by atoms with Crippen molar-refractivity contribution in [1.29, 1.82) is 0 Å². The van der Waals surface area contributed by atoms with Gasteiger partial charge >= 0.3 is 0 Å². The lowest BCUT2D eigenvalue weighted by Crippen LogP contribution is -2.43. The van der Waals surface area contributed by atoms with Crippen molar-refractivity contribution in [1.82, 2.24) is 30.7 Å². The van der Waals surface area contributed by atoms with Crippen molar-refractivity contribution in [2.75, 3.05) is 91.7 Å². The molecule has 0 aliphatic carbocycles. The van der Waals surface area contributed by atoms with Crippen LogP contribution >= 0.6 is 8.15 Å². The Morgan fingerprint density at radius 1 is 0.466 bits per heavy atom. The lowest BCUT2D eigenvalue weighted by molar-refractivity contribution is -0.139. The second-order valence-electron chi connectivity index (χ2n) is 21.4. The molecule has 1 unspecified atom stereocenters. The molecule has 0 aromatic heterocycles. The van der Waals surface area contributed by atoms with Gasteiger partial charge in [-0.2, -0.15) is 0 Å². The smallest absolute Gasteiger partial charge is 0.253 e. The Morgan fingerprint density at radius 3 is 1.10 bits per heavy atom. The summed E-state index contributed by atoms with van der Waals surface area (Å²) >= 11 is 0. The molecule has 0 saturated carbocycles. The van der Waals surface area contributed by atoms with Crippen LogP contribution in [0.1, 0.15) is 108 Å². The zero-order chi connectivity index (χ0) is 54.6. The van der Waals surface area contributed by atoms with Crippen LogP contribution in [0.25, 0.3) is 0 Å². The van der Waals surface area contributed by atoms with Gasteiger partial charge in [-0.05, 0) is 95.2 Å². The summed E-state index contributed by atoms with van der Waals surface area (Å²) < 4.78 is 38.0. The SMILES string of the molecule is CP(CCNC(=O)CCN1C(=O)C=CC1=O)OCCC(C)(C)OCC(COC(C)(C)CCOC(C)(C)CNC(=O)CCN1C(=O)C=CC1=O)COC(C)(C)CCOC(C)(C)CNC(=O)CCN1C(=O)C=CC1=O. The van der Waals surface area contributed by atoms with Gasteiger partial charge in [0.05, 0.1) is 67.6 Å². The summed E-state index contributed by atoms with van der Waals surface area (Å²) in [6.07, 6.45) is 9.39. The summed E-state index contributed by atoms with van der Waals surface area (Å²) in [7, 11) is -0.849. The number of hydrogen-bond acceptors (Lipinski definition) is 15. The lowest BCUT2D eigenvalue weighted by Gasteiger charge is -2.34. The molecule has 3 aliphatic heterocycles. The molecule has 3 N–H and O–H groups in total. The number of hydrogen-bond donors (Lipinski definition) is 3. The maximum atomic E-state index is 12.5. The molecule has 410 valence electrons. The van der Waals surface area contributed by atoms with E-state index in [-0.39, 0.29) is 75.6 Å². The fourth-order valence-corrected chi connectivity index (χ4v) is 7.95. The predicted molar refractivity (Wildman–Crippen MR) is 272 cm³/mol. The number of nitrogens with zero attached hydrogens (tertiary/aromatic N) is 3. The van der Waals surface area contributed by atoms with Gasteiger partial charge in [0.2, 0.25) is 17.7 Å². The van der Waals surface area contributed by atoms with Gasteiger partial charge in [-0.15, -0.1) is 0 Å². The third-order valence-corrected chi connectivity index (χ3v) is 13.6. The van der Waals surface area contributed by atoms with Gasteiger partial charge in [0.1, 0.15) is 0 Å².